The summed E-state index contributed by atoms with van der Waals surface area (Å²) in [4.78, 5) is 4.35. The lowest BCUT2D eigenvalue weighted by Gasteiger charge is -2.34. The Balaban J connectivity index is 2.08. The molecule has 6 heteroatoms. The number of halogens is 3. The molecule has 1 aliphatic heterocycles. The fourth-order valence-corrected chi connectivity index (χ4v) is 1.92. The van der Waals surface area contributed by atoms with E-state index in [0.29, 0.717) is 13.1 Å². The molecule has 0 bridgehead atoms. The van der Waals surface area contributed by atoms with Crippen LogP contribution < -0.4 is 5.73 Å². The van der Waals surface area contributed by atoms with E-state index in [1.54, 1.807) is 0 Å². The van der Waals surface area contributed by atoms with Gasteiger partial charge in [-0.1, -0.05) is 0 Å². The second-order valence-corrected chi connectivity index (χ2v) is 4.19. The van der Waals surface area contributed by atoms with Crippen molar-refractivity contribution in [3.63, 3.8) is 0 Å². The smallest absolute Gasteiger partial charge is 0.329 e. The van der Waals surface area contributed by atoms with Gasteiger partial charge in [-0.15, -0.1) is 0 Å². The maximum atomic E-state index is 11.9. The lowest BCUT2D eigenvalue weighted by Crippen LogP contribution is -2.47. The first-order valence-corrected chi connectivity index (χ1v) is 5.73. The fraction of sp³-hybridized carbons (Fsp3) is 1.00. The van der Waals surface area contributed by atoms with Gasteiger partial charge in [-0.25, -0.2) is 0 Å². The Morgan fingerprint density at radius 3 is 1.88 bits per heavy atom. The third kappa shape index (κ3) is 5.67. The topological polar surface area (TPSA) is 32.5 Å². The minimum absolute atomic E-state index is 0.209. The average molecular weight is 239 g/mol. The van der Waals surface area contributed by atoms with E-state index in [-0.39, 0.29) is 6.42 Å². The molecule has 96 valence electrons. The van der Waals surface area contributed by atoms with Gasteiger partial charge in [0, 0.05) is 45.7 Å². The maximum absolute atomic E-state index is 11.9. The van der Waals surface area contributed by atoms with Crippen LogP contribution in [0.5, 0.6) is 0 Å². The van der Waals surface area contributed by atoms with Gasteiger partial charge < -0.3 is 10.6 Å². The lowest BCUT2D eigenvalue weighted by atomic mass is 10.2. The van der Waals surface area contributed by atoms with Crippen LogP contribution >= 0.6 is 0 Å². The van der Waals surface area contributed by atoms with Crippen LogP contribution in [-0.4, -0.2) is 61.8 Å². The van der Waals surface area contributed by atoms with Crippen LogP contribution in [0.4, 0.5) is 13.2 Å². The van der Waals surface area contributed by atoms with E-state index in [4.69, 9.17) is 5.73 Å². The molecule has 0 aromatic rings. The van der Waals surface area contributed by atoms with Crippen LogP contribution in [0.3, 0.4) is 0 Å². The Hall–Kier alpha value is -0.330. The largest absolute Gasteiger partial charge is 0.389 e. The van der Waals surface area contributed by atoms with Crippen LogP contribution in [0.1, 0.15) is 12.8 Å². The minimum Gasteiger partial charge on any atom is -0.329 e. The molecule has 0 aromatic carbocycles. The van der Waals surface area contributed by atoms with Gasteiger partial charge >= 0.3 is 6.18 Å². The molecular formula is C10H20F3N3. The summed E-state index contributed by atoms with van der Waals surface area (Å²) < 4.78 is 35.8. The Morgan fingerprint density at radius 2 is 1.44 bits per heavy atom. The fourth-order valence-electron chi connectivity index (χ4n) is 1.92. The summed E-state index contributed by atoms with van der Waals surface area (Å²) in [6.07, 6.45) is -4.47. The molecule has 0 aliphatic carbocycles. The molecule has 1 fully saturated rings. The molecule has 1 rings (SSSR count). The summed E-state index contributed by atoms with van der Waals surface area (Å²) in [5.41, 5.74) is 5.44. The van der Waals surface area contributed by atoms with Crippen LogP contribution in [0.25, 0.3) is 0 Å². The monoisotopic (exact) mass is 239 g/mol. The number of piperazine rings is 1. The van der Waals surface area contributed by atoms with Gasteiger partial charge in [0.05, 0.1) is 0 Å². The van der Waals surface area contributed by atoms with E-state index in [9.17, 15) is 13.2 Å². The SMILES string of the molecule is NCCN1CCN(CCCC(F)(F)F)CC1. The van der Waals surface area contributed by atoms with Crippen molar-refractivity contribution in [1.82, 2.24) is 9.80 Å². The van der Waals surface area contributed by atoms with Crippen LogP contribution in [0.2, 0.25) is 0 Å². The van der Waals surface area contributed by atoms with E-state index < -0.39 is 12.6 Å². The number of nitrogens with zero attached hydrogens (tertiary/aromatic N) is 2. The van der Waals surface area contributed by atoms with E-state index in [1.165, 1.54) is 0 Å². The third-order valence-electron chi connectivity index (χ3n) is 2.84. The number of nitrogens with two attached hydrogens (primary N) is 1. The first-order valence-electron chi connectivity index (χ1n) is 5.73. The highest BCUT2D eigenvalue weighted by Crippen LogP contribution is 2.21. The molecule has 1 heterocycles. The number of rotatable bonds is 5. The zero-order valence-corrected chi connectivity index (χ0v) is 9.47. The molecule has 0 unspecified atom stereocenters. The van der Waals surface area contributed by atoms with E-state index in [0.717, 1.165) is 32.7 Å². The van der Waals surface area contributed by atoms with Crippen LogP contribution in [-0.2, 0) is 0 Å². The average Bonchev–Trinajstić information content (AvgIpc) is 2.19. The van der Waals surface area contributed by atoms with Crippen LogP contribution in [0, 0.1) is 0 Å². The molecule has 0 aromatic heterocycles. The standard InChI is InChI=1S/C10H20F3N3/c11-10(12,13)2-1-4-15-6-8-16(5-3-14)9-7-15/h1-9,14H2. The Bertz CT molecular complexity index is 188. The van der Waals surface area contributed by atoms with Crippen molar-refractivity contribution in [3.8, 4) is 0 Å². The number of hydrogen-bond acceptors (Lipinski definition) is 3. The van der Waals surface area contributed by atoms with Gasteiger partial charge in [-0.3, -0.25) is 4.90 Å². The summed E-state index contributed by atoms with van der Waals surface area (Å²) in [7, 11) is 0. The van der Waals surface area contributed by atoms with Crippen molar-refractivity contribution in [1.29, 1.82) is 0 Å². The van der Waals surface area contributed by atoms with Crippen molar-refractivity contribution in [3.05, 3.63) is 0 Å². The maximum Gasteiger partial charge on any atom is 0.389 e. The van der Waals surface area contributed by atoms with Crippen molar-refractivity contribution >= 4 is 0 Å². The molecule has 0 radical (unpaired) electrons. The highest BCUT2D eigenvalue weighted by atomic mass is 19.4. The van der Waals surface area contributed by atoms with Gasteiger partial charge in [-0.2, -0.15) is 13.2 Å². The zero-order valence-electron chi connectivity index (χ0n) is 9.47. The molecule has 0 saturated carbocycles. The molecule has 2 N–H and O–H groups in total. The number of alkyl halides is 3. The molecule has 0 atom stereocenters. The molecule has 1 aliphatic rings. The van der Waals surface area contributed by atoms with E-state index in [1.807, 2.05) is 0 Å². The second-order valence-electron chi connectivity index (χ2n) is 4.19. The molecule has 0 amide bonds. The summed E-state index contributed by atoms with van der Waals surface area (Å²) in [5, 5.41) is 0. The van der Waals surface area contributed by atoms with Crippen molar-refractivity contribution < 1.29 is 13.2 Å². The normalized spacial score (nSPS) is 20.2. The highest BCUT2D eigenvalue weighted by molar-refractivity contribution is 4.72. The summed E-state index contributed by atoms with van der Waals surface area (Å²) in [6.45, 7) is 5.64. The molecule has 3 nitrogen and oxygen atoms in total. The Labute approximate surface area is 94.4 Å². The predicted molar refractivity (Wildman–Crippen MR) is 57.2 cm³/mol. The summed E-state index contributed by atoms with van der Waals surface area (Å²) in [6, 6.07) is 0. The van der Waals surface area contributed by atoms with Gasteiger partial charge in [0.25, 0.3) is 0 Å². The van der Waals surface area contributed by atoms with E-state index >= 15 is 0 Å². The molecule has 0 spiro atoms. The minimum atomic E-state index is -4.01. The quantitative estimate of drug-likeness (QED) is 0.774. The van der Waals surface area contributed by atoms with Gasteiger partial charge in [0.2, 0.25) is 0 Å². The van der Waals surface area contributed by atoms with Gasteiger partial charge in [0.1, 0.15) is 0 Å². The summed E-state index contributed by atoms with van der Waals surface area (Å²) in [5.74, 6) is 0. The lowest BCUT2D eigenvalue weighted by molar-refractivity contribution is -0.136. The molecule has 16 heavy (non-hydrogen) atoms. The zero-order chi connectivity index (χ0) is 12.0. The predicted octanol–water partition coefficient (Wildman–Crippen LogP) is 0.905. The Kier molecular flexibility index (Phi) is 5.51. The second kappa shape index (κ2) is 6.42. The van der Waals surface area contributed by atoms with Crippen molar-refractivity contribution in [2.24, 2.45) is 5.73 Å². The first-order chi connectivity index (χ1) is 7.51. The van der Waals surface area contributed by atoms with Crippen LogP contribution in [0.15, 0.2) is 0 Å². The van der Waals surface area contributed by atoms with Crippen molar-refractivity contribution in [2.45, 2.75) is 19.0 Å². The van der Waals surface area contributed by atoms with Gasteiger partial charge in [-0.05, 0) is 13.0 Å². The Morgan fingerprint density at radius 1 is 0.938 bits per heavy atom. The number of hydrogen-bond donors (Lipinski definition) is 1. The highest BCUT2D eigenvalue weighted by Gasteiger charge is 2.26. The first kappa shape index (κ1) is 13.7. The molecule has 1 saturated heterocycles. The molecular weight excluding hydrogens is 219 g/mol. The third-order valence-corrected chi connectivity index (χ3v) is 2.84. The van der Waals surface area contributed by atoms with E-state index in [2.05, 4.69) is 9.80 Å². The summed E-state index contributed by atoms with van der Waals surface area (Å²) >= 11 is 0. The van der Waals surface area contributed by atoms with Crippen molar-refractivity contribution in [2.75, 3.05) is 45.8 Å². The van der Waals surface area contributed by atoms with Gasteiger partial charge in [0.15, 0.2) is 0 Å².